The SMILES string of the molecule is CC(=O)CC(C)=O.CC(C)O.CCC(=O)O. The molecule has 0 atom stereocenters. The summed E-state index contributed by atoms with van der Waals surface area (Å²) in [5.74, 6) is -0.870. The van der Waals surface area contributed by atoms with Crippen LogP contribution in [-0.4, -0.2) is 33.9 Å². The molecule has 0 aromatic carbocycles. The van der Waals surface area contributed by atoms with Crippen molar-refractivity contribution in [3.8, 4) is 0 Å². The summed E-state index contributed by atoms with van der Waals surface area (Å²) >= 11 is 0. The number of aliphatic carboxylic acids is 1. The Hall–Kier alpha value is -1.23. The van der Waals surface area contributed by atoms with E-state index >= 15 is 0 Å². The van der Waals surface area contributed by atoms with Gasteiger partial charge in [-0.1, -0.05) is 6.92 Å². The summed E-state index contributed by atoms with van der Waals surface area (Å²) in [5.41, 5.74) is 0. The zero-order chi connectivity index (χ0) is 13.7. The Morgan fingerprint density at radius 3 is 1.25 bits per heavy atom. The number of carbonyl (C=O) groups is 3. The molecule has 0 aliphatic heterocycles. The Morgan fingerprint density at radius 2 is 1.25 bits per heavy atom. The zero-order valence-corrected chi connectivity index (χ0v) is 10.6. The van der Waals surface area contributed by atoms with Gasteiger partial charge in [0.2, 0.25) is 0 Å². The molecule has 0 aromatic rings. The highest BCUT2D eigenvalue weighted by atomic mass is 16.4. The quantitative estimate of drug-likeness (QED) is 0.720. The monoisotopic (exact) mass is 234 g/mol. The van der Waals surface area contributed by atoms with Gasteiger partial charge in [-0.2, -0.15) is 0 Å². The average molecular weight is 234 g/mol. The number of hydrogen-bond donors (Lipinski definition) is 2. The minimum Gasteiger partial charge on any atom is -0.481 e. The van der Waals surface area contributed by atoms with E-state index in [-0.39, 0.29) is 30.5 Å². The van der Waals surface area contributed by atoms with Crippen LogP contribution >= 0.6 is 0 Å². The highest BCUT2D eigenvalue weighted by Gasteiger charge is 1.94. The molecule has 5 nitrogen and oxygen atoms in total. The third kappa shape index (κ3) is 77.8. The fourth-order valence-electron chi connectivity index (χ4n) is 0.351. The zero-order valence-electron chi connectivity index (χ0n) is 10.6. The van der Waals surface area contributed by atoms with Gasteiger partial charge in [0.25, 0.3) is 0 Å². The predicted molar refractivity (Wildman–Crippen MR) is 61.3 cm³/mol. The van der Waals surface area contributed by atoms with E-state index in [1.807, 2.05) is 0 Å². The second kappa shape index (κ2) is 13.8. The normalized spacial score (nSPS) is 8.19. The van der Waals surface area contributed by atoms with Gasteiger partial charge in [0, 0.05) is 12.5 Å². The summed E-state index contributed by atoms with van der Waals surface area (Å²) in [5, 5.41) is 15.8. The molecule has 2 N–H and O–H groups in total. The second-order valence-corrected chi connectivity index (χ2v) is 3.42. The molecule has 0 aromatic heterocycles. The van der Waals surface area contributed by atoms with Gasteiger partial charge in [0.1, 0.15) is 11.6 Å². The van der Waals surface area contributed by atoms with Crippen molar-refractivity contribution in [1.29, 1.82) is 0 Å². The van der Waals surface area contributed by atoms with Crippen LogP contribution in [0.1, 0.15) is 47.5 Å². The van der Waals surface area contributed by atoms with E-state index in [1.54, 1.807) is 20.8 Å². The van der Waals surface area contributed by atoms with Gasteiger partial charge in [0.15, 0.2) is 0 Å². The molecular weight excluding hydrogens is 212 g/mol. The molecule has 0 saturated carbocycles. The van der Waals surface area contributed by atoms with Crippen LogP contribution in [-0.2, 0) is 14.4 Å². The van der Waals surface area contributed by atoms with Crippen molar-refractivity contribution in [3.63, 3.8) is 0 Å². The Kier molecular flexibility index (Phi) is 17.4. The number of aliphatic hydroxyl groups is 1. The first-order chi connectivity index (χ1) is 7.13. The van der Waals surface area contributed by atoms with E-state index in [9.17, 15) is 14.4 Å². The number of carbonyl (C=O) groups excluding carboxylic acids is 2. The molecule has 0 saturated heterocycles. The van der Waals surface area contributed by atoms with Crippen LogP contribution in [0.15, 0.2) is 0 Å². The van der Waals surface area contributed by atoms with Gasteiger partial charge < -0.3 is 10.2 Å². The number of Topliss-reactive ketones (excluding diaryl/α,β-unsaturated/α-hetero) is 2. The van der Waals surface area contributed by atoms with E-state index in [4.69, 9.17) is 10.2 Å². The second-order valence-electron chi connectivity index (χ2n) is 3.42. The number of hydrogen-bond acceptors (Lipinski definition) is 4. The molecule has 0 radical (unpaired) electrons. The minimum absolute atomic E-state index is 0.0625. The number of carboxylic acids is 1. The van der Waals surface area contributed by atoms with Crippen LogP contribution in [0.25, 0.3) is 0 Å². The smallest absolute Gasteiger partial charge is 0.303 e. The Morgan fingerprint density at radius 1 is 1.06 bits per heavy atom. The Balaban J connectivity index is -0.000000166. The molecule has 0 spiro atoms. The maximum Gasteiger partial charge on any atom is 0.303 e. The van der Waals surface area contributed by atoms with Crippen molar-refractivity contribution >= 4 is 17.5 Å². The molecule has 0 heterocycles. The number of aliphatic hydroxyl groups excluding tert-OH is 1. The van der Waals surface area contributed by atoms with Crippen LogP contribution in [0.2, 0.25) is 0 Å². The lowest BCUT2D eigenvalue weighted by Gasteiger charge is -1.81. The van der Waals surface area contributed by atoms with E-state index < -0.39 is 5.97 Å². The maximum absolute atomic E-state index is 10.0. The maximum atomic E-state index is 10.0. The van der Waals surface area contributed by atoms with Gasteiger partial charge in [0.05, 0.1) is 6.42 Å². The Labute approximate surface area is 96.5 Å². The molecule has 0 aliphatic rings. The van der Waals surface area contributed by atoms with Crippen LogP contribution < -0.4 is 0 Å². The van der Waals surface area contributed by atoms with Gasteiger partial charge in [-0.05, 0) is 27.7 Å². The predicted octanol–water partition coefficient (Wildman–Crippen LogP) is 1.42. The van der Waals surface area contributed by atoms with E-state index in [1.165, 1.54) is 13.8 Å². The van der Waals surface area contributed by atoms with Crippen molar-refractivity contribution in [2.24, 2.45) is 0 Å². The molecule has 0 unspecified atom stereocenters. The summed E-state index contributed by atoms with van der Waals surface area (Å²) < 4.78 is 0. The molecule has 0 rings (SSSR count). The lowest BCUT2D eigenvalue weighted by atomic mass is 10.2. The summed E-state index contributed by atoms with van der Waals surface area (Å²) in [4.78, 5) is 29.4. The summed E-state index contributed by atoms with van der Waals surface area (Å²) in [7, 11) is 0. The first-order valence-electron chi connectivity index (χ1n) is 5.02. The van der Waals surface area contributed by atoms with Crippen LogP contribution in [0.3, 0.4) is 0 Å². The summed E-state index contributed by atoms with van der Waals surface area (Å²) in [6.07, 6.45) is 0.139. The third-order valence-corrected chi connectivity index (χ3v) is 0.800. The Bertz CT molecular complexity index is 194. The molecular formula is C11H22O5. The molecule has 0 aliphatic carbocycles. The number of ketones is 2. The molecule has 0 amide bonds. The fourth-order valence-corrected chi connectivity index (χ4v) is 0.351. The van der Waals surface area contributed by atoms with Gasteiger partial charge >= 0.3 is 5.97 Å². The third-order valence-electron chi connectivity index (χ3n) is 0.800. The fraction of sp³-hybridized carbons (Fsp3) is 0.727. The van der Waals surface area contributed by atoms with Crippen molar-refractivity contribution in [3.05, 3.63) is 0 Å². The molecule has 16 heavy (non-hydrogen) atoms. The summed E-state index contributed by atoms with van der Waals surface area (Å²) in [6, 6.07) is 0. The van der Waals surface area contributed by atoms with Crippen LogP contribution in [0, 0.1) is 0 Å². The lowest BCUT2D eigenvalue weighted by molar-refractivity contribution is -0.136. The van der Waals surface area contributed by atoms with E-state index in [2.05, 4.69) is 0 Å². The van der Waals surface area contributed by atoms with Crippen molar-refractivity contribution < 1.29 is 24.6 Å². The van der Waals surface area contributed by atoms with Crippen LogP contribution in [0.5, 0.6) is 0 Å². The summed E-state index contributed by atoms with van der Waals surface area (Å²) in [6.45, 7) is 7.85. The number of carboxylic acid groups (broad SMARTS) is 1. The largest absolute Gasteiger partial charge is 0.481 e. The topological polar surface area (TPSA) is 91.7 Å². The molecule has 5 heteroatoms. The van der Waals surface area contributed by atoms with Gasteiger partial charge in [-0.3, -0.25) is 14.4 Å². The standard InChI is InChI=1S/C5H8O2.C3H6O2.C3H8O/c1-4(6)3-5(2)7;1-2-3(4)5;1-3(2)4/h3H2,1-2H3;2H2,1H3,(H,4,5);3-4H,1-2H3. The highest BCUT2D eigenvalue weighted by Crippen LogP contribution is 1.80. The first-order valence-corrected chi connectivity index (χ1v) is 5.02. The average Bonchev–Trinajstić information content (AvgIpc) is 2.01. The van der Waals surface area contributed by atoms with Gasteiger partial charge in [-0.15, -0.1) is 0 Å². The lowest BCUT2D eigenvalue weighted by Crippen LogP contribution is -1.97. The molecule has 0 bridgehead atoms. The van der Waals surface area contributed by atoms with Gasteiger partial charge in [-0.25, -0.2) is 0 Å². The van der Waals surface area contributed by atoms with E-state index in [0.29, 0.717) is 0 Å². The van der Waals surface area contributed by atoms with E-state index in [0.717, 1.165) is 0 Å². The minimum atomic E-state index is -0.745. The number of rotatable bonds is 3. The first kappa shape index (κ1) is 20.2. The van der Waals surface area contributed by atoms with Crippen LogP contribution in [0.4, 0.5) is 0 Å². The van der Waals surface area contributed by atoms with Crippen molar-refractivity contribution in [2.45, 2.75) is 53.6 Å². The highest BCUT2D eigenvalue weighted by molar-refractivity contribution is 5.96. The van der Waals surface area contributed by atoms with Crippen molar-refractivity contribution in [2.75, 3.05) is 0 Å². The molecule has 0 fully saturated rings. The van der Waals surface area contributed by atoms with Crippen molar-refractivity contribution in [1.82, 2.24) is 0 Å². The molecule has 96 valence electrons.